The average molecular weight is 545 g/mol. The minimum absolute atomic E-state index is 0.0163. The maximum atomic E-state index is 11.6. The minimum atomic E-state index is -1.26. The third-order valence-electron chi connectivity index (χ3n) is 3.97. The highest BCUT2D eigenvalue weighted by Gasteiger charge is 2.21. The summed E-state index contributed by atoms with van der Waals surface area (Å²) in [6, 6.07) is -2.33. The number of amides is 2. The lowest BCUT2D eigenvalue weighted by atomic mass is 10.2. The van der Waals surface area contributed by atoms with Crippen LogP contribution in [-0.2, 0) is 33.5 Å². The van der Waals surface area contributed by atoms with E-state index in [1.165, 1.54) is 0 Å². The summed E-state index contributed by atoms with van der Waals surface area (Å²) in [7, 11) is 0. The summed E-state index contributed by atoms with van der Waals surface area (Å²) in [5, 5.41) is 36.7. The van der Waals surface area contributed by atoms with Crippen LogP contribution in [-0.4, -0.2) is 81.8 Å². The fourth-order valence-corrected chi connectivity index (χ4v) is 2.34. The summed E-state index contributed by atoms with van der Waals surface area (Å²) in [5.74, 6) is -5.40. The number of azide groups is 2. The molecule has 0 aliphatic carbocycles. The van der Waals surface area contributed by atoms with Gasteiger partial charge in [-0.1, -0.05) is 10.2 Å². The Kier molecular flexibility index (Phi) is 18.4. The number of aliphatic carboxylic acids is 3. The first-order chi connectivity index (χ1) is 17.6. The first-order valence-electron chi connectivity index (χ1n) is 11.1. The molecular weight excluding hydrogens is 512 g/mol. The molecule has 0 bridgehead atoms. The van der Waals surface area contributed by atoms with Gasteiger partial charge in [0.15, 0.2) is 0 Å². The van der Waals surface area contributed by atoms with Crippen molar-refractivity contribution in [2.45, 2.75) is 77.0 Å². The lowest BCUT2D eigenvalue weighted by Gasteiger charge is -2.19. The number of nitrogens with one attached hydrogen (secondary N) is 2. The largest absolute Gasteiger partial charge is 0.481 e. The van der Waals surface area contributed by atoms with Crippen molar-refractivity contribution in [2.75, 3.05) is 13.1 Å². The van der Waals surface area contributed by atoms with Crippen molar-refractivity contribution >= 4 is 35.7 Å². The number of ether oxygens (including phenoxy) is 1. The van der Waals surface area contributed by atoms with Gasteiger partial charge in [-0.3, -0.25) is 19.2 Å². The van der Waals surface area contributed by atoms with Gasteiger partial charge in [-0.15, -0.1) is 0 Å². The van der Waals surface area contributed by atoms with Crippen molar-refractivity contribution in [1.29, 1.82) is 0 Å². The predicted molar refractivity (Wildman–Crippen MR) is 128 cm³/mol. The van der Waals surface area contributed by atoms with Crippen molar-refractivity contribution in [1.82, 2.24) is 10.6 Å². The monoisotopic (exact) mass is 544 g/mol. The molecule has 0 heterocycles. The average Bonchev–Trinajstić information content (AvgIpc) is 2.79. The molecule has 0 fully saturated rings. The summed E-state index contributed by atoms with van der Waals surface area (Å²) >= 11 is 0. The van der Waals surface area contributed by atoms with E-state index < -0.39 is 53.4 Å². The van der Waals surface area contributed by atoms with Crippen LogP contribution in [0.3, 0.4) is 0 Å². The molecule has 5 N–H and O–H groups in total. The summed E-state index contributed by atoms with van der Waals surface area (Å²) in [6.07, 6.45) is -1.02. The second-order valence-electron chi connectivity index (χ2n) is 8.38. The van der Waals surface area contributed by atoms with Crippen LogP contribution in [0, 0.1) is 0 Å². The van der Waals surface area contributed by atoms with E-state index in [-0.39, 0.29) is 51.6 Å². The van der Waals surface area contributed by atoms with Crippen molar-refractivity contribution < 1.29 is 48.8 Å². The predicted octanol–water partition coefficient (Wildman–Crippen LogP) is 1.50. The van der Waals surface area contributed by atoms with Gasteiger partial charge in [-0.25, -0.2) is 9.59 Å². The maximum Gasteiger partial charge on any atom is 0.326 e. The van der Waals surface area contributed by atoms with E-state index in [9.17, 15) is 28.8 Å². The molecule has 212 valence electrons. The molecule has 0 rings (SSSR count). The van der Waals surface area contributed by atoms with E-state index in [0.717, 1.165) is 0 Å². The second-order valence-corrected chi connectivity index (χ2v) is 8.38. The standard InChI is InChI=1S/C12H20N4O5.C8H12N4O5/c1-12(2,3)21-10(18)5-4-9(17)15-8(11(19)20)6-7-14-16-13;9-12-10-4-3-5(8(16)17)11-6(13)1-2-7(14)15/h8H,4-7H2,1-3H3,(H,15,17)(H,19,20);5H,1-4H2,(H,11,13)(H,14,15)(H,16,17)/t8-;5-/m00/s1. The molecule has 18 heteroatoms. The number of hydrogen-bond donors (Lipinski definition) is 5. The molecule has 0 aliphatic heterocycles. The van der Waals surface area contributed by atoms with E-state index in [4.69, 9.17) is 31.1 Å². The Bertz CT molecular complexity index is 937. The Labute approximate surface area is 217 Å². The molecule has 0 radical (unpaired) electrons. The Morgan fingerprint density at radius 3 is 1.47 bits per heavy atom. The molecule has 0 spiro atoms. The highest BCUT2D eigenvalue weighted by atomic mass is 16.6. The summed E-state index contributed by atoms with van der Waals surface area (Å²) in [6.45, 7) is 5.02. The van der Waals surface area contributed by atoms with Gasteiger partial charge in [-0.05, 0) is 44.7 Å². The number of carboxylic acids is 3. The fraction of sp³-hybridized carbons (Fsp3) is 0.700. The molecular formula is C20H32N8O10. The van der Waals surface area contributed by atoms with Crippen molar-refractivity contribution in [3.05, 3.63) is 20.9 Å². The van der Waals surface area contributed by atoms with E-state index in [1.54, 1.807) is 20.8 Å². The Hall–Kier alpha value is -4.56. The van der Waals surface area contributed by atoms with Crippen LogP contribution < -0.4 is 10.6 Å². The Balaban J connectivity index is 0. The van der Waals surface area contributed by atoms with Crippen molar-refractivity contribution in [3.63, 3.8) is 0 Å². The van der Waals surface area contributed by atoms with Gasteiger partial charge >= 0.3 is 23.9 Å². The fourth-order valence-electron chi connectivity index (χ4n) is 2.34. The maximum absolute atomic E-state index is 11.6. The molecule has 0 unspecified atom stereocenters. The van der Waals surface area contributed by atoms with Crippen molar-refractivity contribution in [2.24, 2.45) is 10.2 Å². The quantitative estimate of drug-likeness (QED) is 0.0806. The topological polar surface area (TPSA) is 294 Å². The molecule has 18 nitrogen and oxygen atoms in total. The molecule has 0 aromatic rings. The molecule has 0 aliphatic rings. The summed E-state index contributed by atoms with van der Waals surface area (Å²) < 4.78 is 5.03. The van der Waals surface area contributed by atoms with E-state index in [0.29, 0.717) is 0 Å². The number of rotatable bonds is 16. The van der Waals surface area contributed by atoms with Gasteiger partial charge in [-0.2, -0.15) is 0 Å². The van der Waals surface area contributed by atoms with Crippen LogP contribution >= 0.6 is 0 Å². The SMILES string of the molecule is CC(C)(C)OC(=O)CCC(=O)N[C@@H](CCN=[N+]=[N-])C(=O)O.[N-]=[N+]=NCC[C@H](NC(=O)CCC(=O)O)C(=O)O. The van der Waals surface area contributed by atoms with E-state index in [1.807, 2.05) is 0 Å². The number of carbonyl (C=O) groups excluding carboxylic acids is 3. The number of hydrogen-bond acceptors (Lipinski definition) is 9. The molecule has 38 heavy (non-hydrogen) atoms. The van der Waals surface area contributed by atoms with Gasteiger partial charge < -0.3 is 30.7 Å². The zero-order valence-corrected chi connectivity index (χ0v) is 21.2. The molecule has 2 amide bonds. The number of esters is 1. The van der Waals surface area contributed by atoms with Gasteiger partial charge in [0.2, 0.25) is 11.8 Å². The van der Waals surface area contributed by atoms with Crippen LogP contribution in [0.1, 0.15) is 59.3 Å². The first-order valence-corrected chi connectivity index (χ1v) is 11.1. The van der Waals surface area contributed by atoms with E-state index >= 15 is 0 Å². The zero-order valence-electron chi connectivity index (χ0n) is 21.2. The summed E-state index contributed by atoms with van der Waals surface area (Å²) in [4.78, 5) is 70.9. The third-order valence-corrected chi connectivity index (χ3v) is 3.97. The van der Waals surface area contributed by atoms with E-state index in [2.05, 4.69) is 30.7 Å². The summed E-state index contributed by atoms with van der Waals surface area (Å²) in [5.41, 5.74) is 15.5. The molecule has 0 aromatic heterocycles. The van der Waals surface area contributed by atoms with Crippen LogP contribution in [0.5, 0.6) is 0 Å². The van der Waals surface area contributed by atoms with Crippen LogP contribution in [0.25, 0.3) is 20.9 Å². The smallest absolute Gasteiger partial charge is 0.326 e. The third kappa shape index (κ3) is 21.9. The Morgan fingerprint density at radius 1 is 0.763 bits per heavy atom. The second kappa shape index (κ2) is 19.6. The highest BCUT2D eigenvalue weighted by Crippen LogP contribution is 2.09. The van der Waals surface area contributed by atoms with Gasteiger partial charge in [0.05, 0.1) is 12.8 Å². The van der Waals surface area contributed by atoms with Gasteiger partial charge in [0.25, 0.3) is 0 Å². The van der Waals surface area contributed by atoms with Crippen LogP contribution in [0.2, 0.25) is 0 Å². The number of carbonyl (C=O) groups is 6. The normalized spacial score (nSPS) is 11.6. The Morgan fingerprint density at radius 2 is 1.16 bits per heavy atom. The minimum Gasteiger partial charge on any atom is -0.481 e. The molecule has 0 saturated carbocycles. The first kappa shape index (κ1) is 35.6. The zero-order chi connectivity index (χ0) is 29.7. The van der Waals surface area contributed by atoms with Crippen molar-refractivity contribution in [3.8, 4) is 0 Å². The highest BCUT2D eigenvalue weighted by molar-refractivity contribution is 5.86. The molecule has 0 aromatic carbocycles. The molecule has 0 saturated heterocycles. The molecule has 2 atom stereocenters. The van der Waals surface area contributed by atoms with Crippen LogP contribution in [0.15, 0.2) is 10.2 Å². The lowest BCUT2D eigenvalue weighted by molar-refractivity contribution is -0.155. The lowest BCUT2D eigenvalue weighted by Crippen LogP contribution is -2.41. The van der Waals surface area contributed by atoms with Gasteiger partial charge in [0, 0.05) is 35.8 Å². The van der Waals surface area contributed by atoms with Crippen LogP contribution in [0.4, 0.5) is 0 Å². The number of carboxylic acid groups (broad SMARTS) is 3. The van der Waals surface area contributed by atoms with Gasteiger partial charge in [0.1, 0.15) is 17.7 Å². The number of nitrogens with zero attached hydrogens (tertiary/aromatic N) is 6.